The number of nitrogen functional groups attached to an aromatic ring is 1. The quantitative estimate of drug-likeness (QED) is 0.740. The van der Waals surface area contributed by atoms with Crippen LogP contribution in [0.4, 0.5) is 5.69 Å². The van der Waals surface area contributed by atoms with Crippen molar-refractivity contribution in [2.45, 2.75) is 13.8 Å². The average Bonchev–Trinajstić information content (AvgIpc) is 2.65. The van der Waals surface area contributed by atoms with E-state index in [1.807, 2.05) is 42.8 Å². The third-order valence-corrected chi connectivity index (χ3v) is 3.49. The SMILES string of the molecule is Cc1nn(-c2ccnc3cc(Cl)ccc23)c(C)c1N. The molecule has 0 aliphatic rings. The second-order valence-corrected chi connectivity index (χ2v) is 4.92. The molecule has 0 spiro atoms. The molecule has 3 rings (SSSR count). The Morgan fingerprint density at radius 1 is 1.21 bits per heavy atom. The fourth-order valence-corrected chi connectivity index (χ4v) is 2.35. The lowest BCUT2D eigenvalue weighted by molar-refractivity contribution is 0.838. The van der Waals surface area contributed by atoms with Gasteiger partial charge < -0.3 is 5.73 Å². The van der Waals surface area contributed by atoms with Gasteiger partial charge >= 0.3 is 0 Å². The van der Waals surface area contributed by atoms with Crippen molar-refractivity contribution in [2.75, 3.05) is 5.73 Å². The van der Waals surface area contributed by atoms with Crippen LogP contribution in [0.25, 0.3) is 16.6 Å². The highest BCUT2D eigenvalue weighted by Crippen LogP contribution is 2.26. The molecule has 1 aromatic carbocycles. The summed E-state index contributed by atoms with van der Waals surface area (Å²) in [6.45, 7) is 3.86. The number of pyridine rings is 1. The number of hydrogen-bond acceptors (Lipinski definition) is 3. The van der Waals surface area contributed by atoms with Gasteiger partial charge in [0.1, 0.15) is 0 Å². The van der Waals surface area contributed by atoms with E-state index >= 15 is 0 Å². The van der Waals surface area contributed by atoms with Crippen LogP contribution in [0.2, 0.25) is 5.02 Å². The Hall–Kier alpha value is -2.07. The minimum atomic E-state index is 0.671. The van der Waals surface area contributed by atoms with E-state index < -0.39 is 0 Å². The number of hydrogen-bond donors (Lipinski definition) is 1. The fraction of sp³-hybridized carbons (Fsp3) is 0.143. The topological polar surface area (TPSA) is 56.7 Å². The maximum absolute atomic E-state index is 6.00. The molecule has 0 unspecified atom stereocenters. The van der Waals surface area contributed by atoms with Crippen LogP contribution in [0.1, 0.15) is 11.4 Å². The van der Waals surface area contributed by atoms with Crippen LogP contribution < -0.4 is 5.73 Å². The lowest BCUT2D eigenvalue weighted by Crippen LogP contribution is -2.01. The summed E-state index contributed by atoms with van der Waals surface area (Å²) in [6.07, 6.45) is 1.75. The zero-order valence-electron chi connectivity index (χ0n) is 10.7. The summed E-state index contributed by atoms with van der Waals surface area (Å²) in [7, 11) is 0. The van der Waals surface area contributed by atoms with Crippen LogP contribution in [0, 0.1) is 13.8 Å². The molecule has 0 aliphatic carbocycles. The van der Waals surface area contributed by atoms with E-state index in [-0.39, 0.29) is 0 Å². The lowest BCUT2D eigenvalue weighted by Gasteiger charge is -2.08. The van der Waals surface area contributed by atoms with E-state index in [1.54, 1.807) is 6.20 Å². The molecule has 5 heteroatoms. The molecule has 0 aliphatic heterocycles. The number of rotatable bonds is 1. The summed E-state index contributed by atoms with van der Waals surface area (Å²) in [5, 5.41) is 6.15. The number of nitrogens with two attached hydrogens (primary N) is 1. The van der Waals surface area contributed by atoms with Crippen molar-refractivity contribution in [1.82, 2.24) is 14.8 Å². The van der Waals surface area contributed by atoms with Crippen LogP contribution >= 0.6 is 11.6 Å². The molecule has 2 aromatic heterocycles. The summed E-state index contributed by atoms with van der Waals surface area (Å²) in [5.41, 5.74) is 10.3. The Morgan fingerprint density at radius 3 is 2.68 bits per heavy atom. The van der Waals surface area contributed by atoms with Crippen molar-refractivity contribution in [1.29, 1.82) is 0 Å². The maximum Gasteiger partial charge on any atom is 0.0830 e. The first-order chi connectivity index (χ1) is 9.08. The van der Waals surface area contributed by atoms with Gasteiger partial charge in [0, 0.05) is 16.6 Å². The van der Waals surface area contributed by atoms with E-state index in [0.717, 1.165) is 33.7 Å². The summed E-state index contributed by atoms with van der Waals surface area (Å²) in [6, 6.07) is 7.57. The molecule has 2 N–H and O–H groups in total. The van der Waals surface area contributed by atoms with E-state index in [0.29, 0.717) is 5.02 Å². The van der Waals surface area contributed by atoms with Crippen molar-refractivity contribution in [3.8, 4) is 5.69 Å². The van der Waals surface area contributed by atoms with Gasteiger partial charge in [-0.05, 0) is 38.1 Å². The van der Waals surface area contributed by atoms with Gasteiger partial charge in [0.25, 0.3) is 0 Å². The van der Waals surface area contributed by atoms with Crippen LogP contribution in [0.3, 0.4) is 0 Å². The molecule has 3 aromatic rings. The van der Waals surface area contributed by atoms with Gasteiger partial charge in [-0.2, -0.15) is 5.10 Å². The second-order valence-electron chi connectivity index (χ2n) is 4.49. The minimum Gasteiger partial charge on any atom is -0.396 e. The third-order valence-electron chi connectivity index (χ3n) is 3.26. The number of nitrogens with zero attached hydrogens (tertiary/aromatic N) is 3. The number of fused-ring (bicyclic) bond motifs is 1. The molecule has 0 bridgehead atoms. The molecular weight excluding hydrogens is 260 g/mol. The summed E-state index contributed by atoms with van der Waals surface area (Å²) >= 11 is 6.00. The van der Waals surface area contributed by atoms with Crippen molar-refractivity contribution in [2.24, 2.45) is 0 Å². The molecule has 0 radical (unpaired) electrons. The second kappa shape index (κ2) is 4.24. The molecule has 0 saturated carbocycles. The number of anilines is 1. The molecule has 0 saturated heterocycles. The number of halogens is 1. The molecule has 4 nitrogen and oxygen atoms in total. The standard InChI is InChI=1S/C14H13ClN4/c1-8-14(16)9(2)19(18-8)13-5-6-17-12-7-10(15)3-4-11(12)13/h3-7H,16H2,1-2H3. The minimum absolute atomic E-state index is 0.671. The number of aryl methyl sites for hydroxylation is 1. The van der Waals surface area contributed by atoms with Gasteiger partial charge in [-0.3, -0.25) is 4.98 Å². The summed E-state index contributed by atoms with van der Waals surface area (Å²) in [4.78, 5) is 4.33. The molecular formula is C14H13ClN4. The summed E-state index contributed by atoms with van der Waals surface area (Å²) < 4.78 is 1.85. The highest BCUT2D eigenvalue weighted by Gasteiger charge is 2.12. The first-order valence-corrected chi connectivity index (χ1v) is 6.32. The third kappa shape index (κ3) is 1.85. The van der Waals surface area contributed by atoms with Crippen LogP contribution in [0.5, 0.6) is 0 Å². The maximum atomic E-state index is 6.00. The largest absolute Gasteiger partial charge is 0.396 e. The molecule has 0 fully saturated rings. The van der Waals surface area contributed by atoms with Crippen molar-refractivity contribution in [3.05, 3.63) is 46.9 Å². The van der Waals surface area contributed by atoms with Crippen molar-refractivity contribution < 1.29 is 0 Å². The normalized spacial score (nSPS) is 11.1. The zero-order chi connectivity index (χ0) is 13.6. The Labute approximate surface area is 115 Å². The summed E-state index contributed by atoms with van der Waals surface area (Å²) in [5.74, 6) is 0. The Kier molecular flexibility index (Phi) is 2.68. The number of benzene rings is 1. The highest BCUT2D eigenvalue weighted by molar-refractivity contribution is 6.31. The first-order valence-electron chi connectivity index (χ1n) is 5.94. The van der Waals surface area contributed by atoms with Gasteiger partial charge in [0.2, 0.25) is 0 Å². The predicted molar refractivity (Wildman–Crippen MR) is 77.8 cm³/mol. The Morgan fingerprint density at radius 2 is 2.00 bits per heavy atom. The van der Waals surface area contributed by atoms with Gasteiger partial charge in [-0.1, -0.05) is 11.6 Å². The van der Waals surface area contributed by atoms with E-state index in [1.165, 1.54) is 0 Å². The smallest absolute Gasteiger partial charge is 0.0830 e. The van der Waals surface area contributed by atoms with Gasteiger partial charge in [-0.15, -0.1) is 0 Å². The molecule has 19 heavy (non-hydrogen) atoms. The van der Waals surface area contributed by atoms with Gasteiger partial charge in [-0.25, -0.2) is 4.68 Å². The molecule has 0 amide bonds. The Balaban J connectivity index is 2.33. The van der Waals surface area contributed by atoms with Crippen molar-refractivity contribution in [3.63, 3.8) is 0 Å². The van der Waals surface area contributed by atoms with Crippen LogP contribution in [0.15, 0.2) is 30.5 Å². The average molecular weight is 273 g/mol. The molecule has 0 atom stereocenters. The van der Waals surface area contributed by atoms with E-state index in [4.69, 9.17) is 17.3 Å². The van der Waals surface area contributed by atoms with Gasteiger partial charge in [0.05, 0.1) is 28.3 Å². The predicted octanol–water partition coefficient (Wildman–Crippen LogP) is 3.27. The number of aromatic nitrogens is 3. The lowest BCUT2D eigenvalue weighted by atomic mass is 10.2. The first kappa shape index (κ1) is 12.0. The van der Waals surface area contributed by atoms with Crippen molar-refractivity contribution >= 4 is 28.2 Å². The highest BCUT2D eigenvalue weighted by atomic mass is 35.5. The monoisotopic (exact) mass is 272 g/mol. The fourth-order valence-electron chi connectivity index (χ4n) is 2.18. The van der Waals surface area contributed by atoms with E-state index in [2.05, 4.69) is 10.1 Å². The Bertz CT molecular complexity index is 776. The van der Waals surface area contributed by atoms with E-state index in [9.17, 15) is 0 Å². The zero-order valence-corrected chi connectivity index (χ0v) is 11.4. The van der Waals surface area contributed by atoms with Crippen LogP contribution in [-0.2, 0) is 0 Å². The molecule has 96 valence electrons. The molecule has 2 heterocycles. The van der Waals surface area contributed by atoms with Crippen LogP contribution in [-0.4, -0.2) is 14.8 Å². The van der Waals surface area contributed by atoms with Gasteiger partial charge in [0.15, 0.2) is 0 Å².